The van der Waals surface area contributed by atoms with Gasteiger partial charge in [-0.3, -0.25) is 4.99 Å². The van der Waals surface area contributed by atoms with E-state index in [1.807, 2.05) is 0 Å². The third kappa shape index (κ3) is 6.15. The topological polar surface area (TPSA) is 64.4 Å². The lowest BCUT2D eigenvalue weighted by atomic mass is 9.89. The maximum Gasteiger partial charge on any atom is 0.0760 e. The summed E-state index contributed by atoms with van der Waals surface area (Å²) in [5.41, 5.74) is 23.4. The molecule has 3 nitrogen and oxygen atoms in total. The molecular weight excluding hydrogens is 390 g/mol. The molecule has 0 aromatic heterocycles. The van der Waals surface area contributed by atoms with Crippen molar-refractivity contribution in [3.8, 4) is 0 Å². The average Bonchev–Trinajstić information content (AvgIpc) is 2.81. The molecule has 0 bridgehead atoms. The maximum absolute atomic E-state index is 6.75. The van der Waals surface area contributed by atoms with E-state index in [1.165, 1.54) is 54.4 Å². The molecule has 0 radical (unpaired) electrons. The monoisotopic (exact) mass is 435 g/mol. The first-order chi connectivity index (χ1) is 15.5. The van der Waals surface area contributed by atoms with Crippen LogP contribution in [0.3, 0.4) is 0 Å². The van der Waals surface area contributed by atoms with Crippen molar-refractivity contribution in [2.45, 2.75) is 98.8 Å². The molecule has 0 aliphatic rings. The number of anilines is 2. The van der Waals surface area contributed by atoms with Crippen molar-refractivity contribution in [1.82, 2.24) is 0 Å². The van der Waals surface area contributed by atoms with Gasteiger partial charge in [-0.05, 0) is 54.4 Å². The highest BCUT2D eigenvalue weighted by atomic mass is 14.8. The Morgan fingerprint density at radius 3 is 1.53 bits per heavy atom. The molecule has 2 aromatic carbocycles. The molecule has 0 aliphatic heterocycles. The fourth-order valence-electron chi connectivity index (χ4n) is 4.73. The normalized spacial score (nSPS) is 11.0. The molecule has 176 valence electrons. The number of nitrogen functional groups attached to an aromatic ring is 2. The highest BCUT2D eigenvalue weighted by Gasteiger charge is 2.19. The maximum atomic E-state index is 6.75. The molecule has 0 aliphatic carbocycles. The summed E-state index contributed by atoms with van der Waals surface area (Å²) in [4.78, 5) is 5.12. The number of nitrogens with zero attached hydrogens (tertiary/aromatic N) is 1. The van der Waals surface area contributed by atoms with E-state index >= 15 is 0 Å². The zero-order valence-electron chi connectivity index (χ0n) is 21.2. The zero-order chi connectivity index (χ0) is 23.5. The summed E-state index contributed by atoms with van der Waals surface area (Å²) < 4.78 is 0. The van der Waals surface area contributed by atoms with Crippen molar-refractivity contribution in [2.24, 2.45) is 4.99 Å². The number of aryl methyl sites for hydroxylation is 2. The van der Waals surface area contributed by atoms with Gasteiger partial charge >= 0.3 is 0 Å². The highest BCUT2D eigenvalue weighted by molar-refractivity contribution is 6.18. The number of hydrogen-bond acceptors (Lipinski definition) is 3. The van der Waals surface area contributed by atoms with Gasteiger partial charge < -0.3 is 11.5 Å². The minimum atomic E-state index is 0.814. The minimum absolute atomic E-state index is 0.814. The Hall–Kier alpha value is -2.29. The fourth-order valence-corrected chi connectivity index (χ4v) is 4.73. The predicted octanol–water partition coefficient (Wildman–Crippen LogP) is 7.30. The van der Waals surface area contributed by atoms with Crippen molar-refractivity contribution in [1.29, 1.82) is 0 Å². The Morgan fingerprint density at radius 2 is 1.09 bits per heavy atom. The van der Waals surface area contributed by atoms with Crippen LogP contribution in [-0.4, -0.2) is 12.3 Å². The van der Waals surface area contributed by atoms with Crippen LogP contribution in [0.5, 0.6) is 0 Å². The van der Waals surface area contributed by atoms with Crippen LogP contribution in [0.15, 0.2) is 29.3 Å². The van der Waals surface area contributed by atoms with Crippen LogP contribution in [-0.2, 0) is 25.7 Å². The second kappa shape index (κ2) is 13.3. The number of hydrogen-bond donors (Lipinski definition) is 2. The van der Waals surface area contributed by atoms with Gasteiger partial charge in [-0.25, -0.2) is 0 Å². The summed E-state index contributed by atoms with van der Waals surface area (Å²) in [5.74, 6) is 0. The van der Waals surface area contributed by atoms with Gasteiger partial charge in [0.2, 0.25) is 0 Å². The highest BCUT2D eigenvalue weighted by Crippen LogP contribution is 2.30. The van der Waals surface area contributed by atoms with Crippen LogP contribution in [0.25, 0.3) is 0 Å². The van der Waals surface area contributed by atoms with Gasteiger partial charge in [0.15, 0.2) is 0 Å². The minimum Gasteiger partial charge on any atom is -0.398 e. The Kier molecular flexibility index (Phi) is 10.8. The van der Waals surface area contributed by atoms with Crippen LogP contribution >= 0.6 is 0 Å². The first-order valence-electron chi connectivity index (χ1n) is 12.9. The molecule has 2 aromatic rings. The summed E-state index contributed by atoms with van der Waals surface area (Å²) in [6.07, 6.45) is 11.4. The summed E-state index contributed by atoms with van der Waals surface area (Å²) in [5, 5.41) is 0. The summed E-state index contributed by atoms with van der Waals surface area (Å²) in [6, 6.07) is 8.77. The molecule has 0 spiro atoms. The van der Waals surface area contributed by atoms with Gasteiger partial charge in [0.25, 0.3) is 0 Å². The Labute approximate surface area is 196 Å². The molecule has 0 unspecified atom stereocenters. The zero-order valence-corrected chi connectivity index (χ0v) is 21.2. The van der Waals surface area contributed by atoms with Crippen molar-refractivity contribution >= 4 is 17.1 Å². The number of aliphatic imine (C=N–C) groups is 1. The SMILES string of the molecule is CCCCCCCCN=C(c1ccc(CC)c(CC)c1N)c1ccc(CC)c(CC)c1N. The van der Waals surface area contributed by atoms with Crippen molar-refractivity contribution in [2.75, 3.05) is 18.0 Å². The predicted molar refractivity (Wildman–Crippen MR) is 143 cm³/mol. The molecule has 3 heteroatoms. The molecule has 32 heavy (non-hydrogen) atoms. The third-order valence-corrected chi connectivity index (χ3v) is 6.67. The van der Waals surface area contributed by atoms with E-state index in [0.717, 1.165) is 66.9 Å². The van der Waals surface area contributed by atoms with Crippen LogP contribution in [0.4, 0.5) is 11.4 Å². The largest absolute Gasteiger partial charge is 0.398 e. The standard InChI is InChI=1S/C29H45N3/c1-6-11-12-13-14-15-20-32-29(25-18-16-21(7-2)23(9-4)27(25)30)26-19-17-22(8-3)24(10-5)28(26)31/h16-19H,6-15,20,30-31H2,1-5H3. The van der Waals surface area contributed by atoms with E-state index in [0.29, 0.717) is 0 Å². The van der Waals surface area contributed by atoms with Gasteiger partial charge in [0.1, 0.15) is 0 Å². The van der Waals surface area contributed by atoms with Gasteiger partial charge in [-0.1, -0.05) is 91.0 Å². The first kappa shape index (κ1) is 26.0. The van der Waals surface area contributed by atoms with E-state index in [2.05, 4.69) is 58.9 Å². The van der Waals surface area contributed by atoms with Gasteiger partial charge in [-0.2, -0.15) is 0 Å². The van der Waals surface area contributed by atoms with Gasteiger partial charge in [0, 0.05) is 29.0 Å². The van der Waals surface area contributed by atoms with E-state index in [9.17, 15) is 0 Å². The Bertz CT molecular complexity index is 832. The Balaban J connectivity index is 2.49. The summed E-state index contributed by atoms with van der Waals surface area (Å²) in [7, 11) is 0. The van der Waals surface area contributed by atoms with Crippen LogP contribution in [0, 0.1) is 0 Å². The molecule has 0 saturated carbocycles. The van der Waals surface area contributed by atoms with Gasteiger partial charge in [0.05, 0.1) is 5.71 Å². The van der Waals surface area contributed by atoms with E-state index in [4.69, 9.17) is 16.5 Å². The summed E-state index contributed by atoms with van der Waals surface area (Å²) >= 11 is 0. The number of unbranched alkanes of at least 4 members (excludes halogenated alkanes) is 5. The van der Waals surface area contributed by atoms with Gasteiger partial charge in [-0.15, -0.1) is 0 Å². The van der Waals surface area contributed by atoms with Crippen molar-refractivity contribution in [3.63, 3.8) is 0 Å². The molecule has 4 N–H and O–H groups in total. The second-order valence-corrected chi connectivity index (χ2v) is 8.74. The van der Waals surface area contributed by atoms with Crippen LogP contribution < -0.4 is 11.5 Å². The molecule has 0 saturated heterocycles. The van der Waals surface area contributed by atoms with Crippen LogP contribution in [0.2, 0.25) is 0 Å². The molecular formula is C29H45N3. The molecule has 2 rings (SSSR count). The lowest BCUT2D eigenvalue weighted by Crippen LogP contribution is -2.14. The van der Waals surface area contributed by atoms with Crippen LogP contribution in [0.1, 0.15) is 107 Å². The number of benzene rings is 2. The quantitative estimate of drug-likeness (QED) is 0.197. The van der Waals surface area contributed by atoms with E-state index < -0.39 is 0 Å². The molecule has 0 heterocycles. The Morgan fingerprint density at radius 1 is 0.625 bits per heavy atom. The average molecular weight is 436 g/mol. The van der Waals surface area contributed by atoms with E-state index in [1.54, 1.807) is 0 Å². The first-order valence-corrected chi connectivity index (χ1v) is 12.9. The lowest BCUT2D eigenvalue weighted by molar-refractivity contribution is 0.612. The third-order valence-electron chi connectivity index (χ3n) is 6.67. The molecule has 0 fully saturated rings. The molecule has 0 atom stereocenters. The molecule has 0 amide bonds. The smallest absolute Gasteiger partial charge is 0.0760 e. The van der Waals surface area contributed by atoms with E-state index in [-0.39, 0.29) is 0 Å². The number of nitrogens with two attached hydrogens (primary N) is 2. The fraction of sp³-hybridized carbons (Fsp3) is 0.552. The second-order valence-electron chi connectivity index (χ2n) is 8.74. The lowest BCUT2D eigenvalue weighted by Gasteiger charge is -2.19. The number of rotatable bonds is 13. The summed E-state index contributed by atoms with van der Waals surface area (Å²) in [6.45, 7) is 11.8. The van der Waals surface area contributed by atoms with Crippen molar-refractivity contribution in [3.05, 3.63) is 57.6 Å². The van der Waals surface area contributed by atoms with Crippen molar-refractivity contribution < 1.29 is 0 Å².